The van der Waals surface area contributed by atoms with Crippen molar-refractivity contribution in [1.82, 2.24) is 0 Å². The van der Waals surface area contributed by atoms with E-state index in [1.807, 2.05) is 12.1 Å². The Morgan fingerprint density at radius 1 is 1.00 bits per heavy atom. The molecule has 0 aromatic heterocycles. The molecule has 0 saturated carbocycles. The number of para-hydroxylation sites is 1. The Kier molecular flexibility index (Phi) is 9.24. The molecule has 7 heteroatoms. The summed E-state index contributed by atoms with van der Waals surface area (Å²) in [7, 11) is 0. The summed E-state index contributed by atoms with van der Waals surface area (Å²) in [6.07, 6.45) is 4.89. The average molecular weight is 462 g/mol. The first-order chi connectivity index (χ1) is 14.1. The van der Waals surface area contributed by atoms with Gasteiger partial charge in [0.15, 0.2) is 11.5 Å². The molecule has 0 unspecified atom stereocenters. The highest BCUT2D eigenvalue weighted by molar-refractivity contribution is 9.08. The van der Waals surface area contributed by atoms with Crippen LogP contribution in [0.25, 0.3) is 0 Å². The first-order valence-corrected chi connectivity index (χ1v) is 10.3. The second-order valence-electron chi connectivity index (χ2n) is 6.08. The number of ether oxygens (including phenoxy) is 3. The van der Waals surface area contributed by atoms with Crippen LogP contribution in [0.15, 0.2) is 61.7 Å². The fraction of sp³-hybridized carbons (Fsp3) is 0.273. The third-order valence-corrected chi connectivity index (χ3v) is 4.60. The average Bonchev–Trinajstić information content (AvgIpc) is 2.73. The van der Waals surface area contributed by atoms with Crippen LogP contribution in [0.1, 0.15) is 24.0 Å². The fourth-order valence-electron chi connectivity index (χ4n) is 2.53. The Bertz CT molecular complexity index is 818. The van der Waals surface area contributed by atoms with E-state index in [9.17, 15) is 10.1 Å². The molecule has 0 fully saturated rings. The molecule has 0 aliphatic rings. The molecule has 0 atom stereocenters. The monoisotopic (exact) mass is 461 g/mol. The molecule has 6 nitrogen and oxygen atoms in total. The number of hydrogen-bond donors (Lipinski definition) is 0. The van der Waals surface area contributed by atoms with Crippen LogP contribution in [0, 0.1) is 10.1 Å². The second kappa shape index (κ2) is 11.9. The van der Waals surface area contributed by atoms with E-state index in [2.05, 4.69) is 29.1 Å². The van der Waals surface area contributed by atoms with Crippen LogP contribution in [0.3, 0.4) is 0 Å². The third-order valence-electron chi connectivity index (χ3n) is 3.95. The van der Waals surface area contributed by atoms with Gasteiger partial charge in [0, 0.05) is 11.4 Å². The van der Waals surface area contributed by atoms with Gasteiger partial charge in [-0.05, 0) is 36.6 Å². The summed E-state index contributed by atoms with van der Waals surface area (Å²) in [6, 6.07) is 10.2. The minimum atomic E-state index is -0.421. The molecule has 0 amide bonds. The smallest absolute Gasteiger partial charge is 0.276 e. The van der Waals surface area contributed by atoms with Crippen LogP contribution < -0.4 is 14.2 Å². The van der Waals surface area contributed by atoms with Crippen molar-refractivity contribution in [3.63, 3.8) is 0 Å². The Morgan fingerprint density at radius 3 is 2.10 bits per heavy atom. The van der Waals surface area contributed by atoms with Crippen molar-refractivity contribution >= 4 is 21.6 Å². The van der Waals surface area contributed by atoms with E-state index in [1.54, 1.807) is 30.4 Å². The Balaban J connectivity index is 2.35. The lowest BCUT2D eigenvalue weighted by molar-refractivity contribution is -0.385. The third kappa shape index (κ3) is 6.64. The van der Waals surface area contributed by atoms with Gasteiger partial charge in [0.05, 0.1) is 23.7 Å². The second-order valence-corrected chi connectivity index (χ2v) is 6.64. The van der Waals surface area contributed by atoms with E-state index in [0.29, 0.717) is 54.2 Å². The lowest BCUT2D eigenvalue weighted by Gasteiger charge is -2.18. The minimum absolute atomic E-state index is 0.00725. The molecular formula is C22H24BrNO5. The number of hydrogen-bond acceptors (Lipinski definition) is 5. The largest absolute Gasteiger partial charge is 0.489 e. The summed E-state index contributed by atoms with van der Waals surface area (Å²) >= 11 is 3.46. The van der Waals surface area contributed by atoms with Crippen molar-refractivity contribution in [2.45, 2.75) is 24.8 Å². The summed E-state index contributed by atoms with van der Waals surface area (Å²) in [5.74, 6) is 1.47. The van der Waals surface area contributed by atoms with Crippen LogP contribution in [0.2, 0.25) is 0 Å². The topological polar surface area (TPSA) is 70.8 Å². The van der Waals surface area contributed by atoms with Crippen molar-refractivity contribution in [1.29, 1.82) is 0 Å². The zero-order valence-corrected chi connectivity index (χ0v) is 17.7. The van der Waals surface area contributed by atoms with E-state index in [0.717, 1.165) is 5.56 Å². The number of nitrogens with zero attached hydrogens (tertiary/aromatic N) is 1. The molecule has 154 valence electrons. The van der Waals surface area contributed by atoms with Crippen molar-refractivity contribution in [2.24, 2.45) is 0 Å². The first-order valence-electron chi connectivity index (χ1n) is 9.16. The molecule has 0 spiro atoms. The zero-order chi connectivity index (χ0) is 21.1. The lowest BCUT2D eigenvalue weighted by Crippen LogP contribution is -2.06. The van der Waals surface area contributed by atoms with Crippen LogP contribution >= 0.6 is 15.9 Å². The summed E-state index contributed by atoms with van der Waals surface area (Å²) in [6.45, 7) is 8.28. The van der Waals surface area contributed by atoms with Crippen molar-refractivity contribution in [3.05, 3.63) is 82.9 Å². The maximum Gasteiger partial charge on any atom is 0.276 e. The van der Waals surface area contributed by atoms with E-state index in [4.69, 9.17) is 14.2 Å². The summed E-state index contributed by atoms with van der Waals surface area (Å²) in [5.41, 5.74) is 1.44. The van der Waals surface area contributed by atoms with Crippen LogP contribution in [0.4, 0.5) is 5.69 Å². The van der Waals surface area contributed by atoms with Gasteiger partial charge >= 0.3 is 0 Å². The SMILES string of the molecule is C=CCCOc1cc(CBr)cc(OCCC=C)c1OCc1ccccc1[N+](=O)[O-]. The molecule has 0 saturated heterocycles. The van der Waals surface area contributed by atoms with Crippen LogP contribution in [0.5, 0.6) is 17.2 Å². The molecular weight excluding hydrogens is 438 g/mol. The molecule has 2 aromatic carbocycles. The van der Waals surface area contributed by atoms with Gasteiger partial charge in [0.1, 0.15) is 6.61 Å². The molecule has 0 heterocycles. The molecule has 2 aromatic rings. The highest BCUT2D eigenvalue weighted by atomic mass is 79.9. The van der Waals surface area contributed by atoms with E-state index >= 15 is 0 Å². The van der Waals surface area contributed by atoms with Gasteiger partial charge in [-0.3, -0.25) is 10.1 Å². The standard InChI is InChI=1S/C22H24BrNO5/c1-3-5-11-27-20-13-17(15-23)14-21(28-12-6-4-2)22(20)29-16-18-9-7-8-10-19(18)24(25)26/h3-4,7-10,13-14H,1-2,5-6,11-12,15-16H2. The van der Waals surface area contributed by atoms with Crippen LogP contribution in [-0.4, -0.2) is 18.1 Å². The Hall–Kier alpha value is -2.80. The molecule has 0 aliphatic heterocycles. The maximum absolute atomic E-state index is 11.3. The van der Waals surface area contributed by atoms with Gasteiger partial charge in [-0.1, -0.05) is 40.2 Å². The van der Waals surface area contributed by atoms with E-state index in [-0.39, 0.29) is 12.3 Å². The predicted octanol–water partition coefficient (Wildman–Crippen LogP) is 5.98. The first kappa shape index (κ1) is 22.5. The number of alkyl halides is 1. The molecule has 2 rings (SSSR count). The summed E-state index contributed by atoms with van der Waals surface area (Å²) < 4.78 is 17.7. The van der Waals surface area contributed by atoms with Gasteiger partial charge in [-0.25, -0.2) is 0 Å². The molecule has 29 heavy (non-hydrogen) atoms. The van der Waals surface area contributed by atoms with Gasteiger partial charge in [0.25, 0.3) is 5.69 Å². The molecule has 0 radical (unpaired) electrons. The number of nitro groups is 1. The number of halogens is 1. The van der Waals surface area contributed by atoms with E-state index in [1.165, 1.54) is 6.07 Å². The van der Waals surface area contributed by atoms with Gasteiger partial charge in [-0.2, -0.15) is 0 Å². The van der Waals surface area contributed by atoms with Crippen LogP contribution in [-0.2, 0) is 11.9 Å². The Morgan fingerprint density at radius 2 is 1.59 bits per heavy atom. The molecule has 0 aliphatic carbocycles. The van der Waals surface area contributed by atoms with Gasteiger partial charge < -0.3 is 14.2 Å². The van der Waals surface area contributed by atoms with Crippen molar-refractivity contribution in [3.8, 4) is 17.2 Å². The Labute approximate surface area is 179 Å². The van der Waals surface area contributed by atoms with E-state index < -0.39 is 4.92 Å². The van der Waals surface area contributed by atoms with Gasteiger partial charge in [-0.15, -0.1) is 13.2 Å². The van der Waals surface area contributed by atoms with Gasteiger partial charge in [0.2, 0.25) is 5.75 Å². The predicted molar refractivity (Wildman–Crippen MR) is 117 cm³/mol. The van der Waals surface area contributed by atoms with Crippen molar-refractivity contribution < 1.29 is 19.1 Å². The number of nitro benzene ring substituents is 1. The highest BCUT2D eigenvalue weighted by Gasteiger charge is 2.18. The zero-order valence-electron chi connectivity index (χ0n) is 16.1. The molecule has 0 N–H and O–H groups in total. The lowest BCUT2D eigenvalue weighted by atomic mass is 10.2. The highest BCUT2D eigenvalue weighted by Crippen LogP contribution is 2.40. The quantitative estimate of drug-likeness (QED) is 0.120. The number of rotatable bonds is 13. The summed E-state index contributed by atoms with van der Waals surface area (Å²) in [5, 5.41) is 11.9. The summed E-state index contributed by atoms with van der Waals surface area (Å²) in [4.78, 5) is 10.9. The maximum atomic E-state index is 11.3. The minimum Gasteiger partial charge on any atom is -0.489 e. The molecule has 0 bridgehead atoms. The fourth-order valence-corrected chi connectivity index (χ4v) is 2.85. The number of benzene rings is 2. The van der Waals surface area contributed by atoms with Crippen molar-refractivity contribution in [2.75, 3.05) is 13.2 Å². The normalized spacial score (nSPS) is 10.2.